The number of amides is 2. The van der Waals surface area contributed by atoms with E-state index in [-0.39, 0.29) is 18.2 Å². The fourth-order valence-electron chi connectivity index (χ4n) is 3.51. The summed E-state index contributed by atoms with van der Waals surface area (Å²) in [6.45, 7) is 0. The Kier molecular flexibility index (Phi) is 6.13. The minimum absolute atomic E-state index is 0.0347. The van der Waals surface area contributed by atoms with Crippen LogP contribution in [0.15, 0.2) is 58.7 Å². The molecule has 8 heteroatoms. The van der Waals surface area contributed by atoms with Crippen LogP contribution in [0.4, 0.5) is 5.69 Å². The van der Waals surface area contributed by atoms with E-state index in [1.54, 1.807) is 19.2 Å². The van der Waals surface area contributed by atoms with Crippen molar-refractivity contribution in [1.82, 2.24) is 5.32 Å². The number of rotatable bonds is 5. The number of amidine groups is 1. The van der Waals surface area contributed by atoms with Crippen LogP contribution in [-0.2, 0) is 16.0 Å². The Bertz CT molecular complexity index is 1030. The Balaban J connectivity index is 1.40. The molecule has 0 saturated carbocycles. The number of hydrogen-bond donors (Lipinski definition) is 2. The summed E-state index contributed by atoms with van der Waals surface area (Å²) in [5.41, 5.74) is 3.90. The molecule has 1 fully saturated rings. The van der Waals surface area contributed by atoms with Gasteiger partial charge in [0.2, 0.25) is 11.8 Å². The number of carbonyl (C=O) groups excluding carboxylic acids is 2. The van der Waals surface area contributed by atoms with Crippen molar-refractivity contribution < 1.29 is 14.3 Å². The quantitative estimate of drug-likeness (QED) is 0.723. The van der Waals surface area contributed by atoms with Gasteiger partial charge in [-0.3, -0.25) is 9.59 Å². The van der Waals surface area contributed by atoms with E-state index in [9.17, 15) is 9.59 Å². The van der Waals surface area contributed by atoms with Crippen molar-refractivity contribution in [2.75, 3.05) is 12.4 Å². The lowest BCUT2D eigenvalue weighted by atomic mass is 9.90. The third kappa shape index (κ3) is 4.54. The number of para-hydroxylation sites is 2. The molecular formula is C22H22N4O3S. The zero-order valence-electron chi connectivity index (χ0n) is 16.6. The summed E-state index contributed by atoms with van der Waals surface area (Å²) in [6.07, 6.45) is 2.97. The summed E-state index contributed by atoms with van der Waals surface area (Å²) in [4.78, 5) is 24.7. The first kappa shape index (κ1) is 20.2. The third-order valence-electron chi connectivity index (χ3n) is 4.98. The van der Waals surface area contributed by atoms with Gasteiger partial charge in [-0.2, -0.15) is 5.10 Å². The van der Waals surface area contributed by atoms with Gasteiger partial charge in [-0.25, -0.2) is 0 Å². The summed E-state index contributed by atoms with van der Waals surface area (Å²) in [5.74, 6) is 0.0688. The van der Waals surface area contributed by atoms with E-state index in [1.165, 1.54) is 17.3 Å². The zero-order valence-corrected chi connectivity index (χ0v) is 17.4. The summed E-state index contributed by atoms with van der Waals surface area (Å²) in [5, 5.41) is 14.0. The molecule has 1 aliphatic heterocycles. The molecule has 0 spiro atoms. The average molecular weight is 423 g/mol. The summed E-state index contributed by atoms with van der Waals surface area (Å²) >= 11 is 1.23. The molecular weight excluding hydrogens is 400 g/mol. The lowest BCUT2D eigenvalue weighted by Gasteiger charge is -2.16. The number of ether oxygens (including phenoxy) is 1. The number of fused-ring (bicyclic) bond motifs is 1. The van der Waals surface area contributed by atoms with Crippen LogP contribution in [0.25, 0.3) is 0 Å². The van der Waals surface area contributed by atoms with Crippen molar-refractivity contribution >= 4 is 40.1 Å². The van der Waals surface area contributed by atoms with Crippen molar-refractivity contribution in [3.63, 3.8) is 0 Å². The van der Waals surface area contributed by atoms with E-state index < -0.39 is 5.25 Å². The predicted molar refractivity (Wildman–Crippen MR) is 119 cm³/mol. The number of thioether (sulfide) groups is 1. The third-order valence-corrected chi connectivity index (χ3v) is 6.05. The normalized spacial score (nSPS) is 20.7. The van der Waals surface area contributed by atoms with Crippen LogP contribution in [0.1, 0.15) is 30.4 Å². The van der Waals surface area contributed by atoms with Crippen LogP contribution in [0, 0.1) is 0 Å². The number of aryl methyl sites for hydroxylation is 1. The minimum atomic E-state index is -0.544. The zero-order chi connectivity index (χ0) is 20.9. The van der Waals surface area contributed by atoms with Gasteiger partial charge in [-0.1, -0.05) is 48.2 Å². The van der Waals surface area contributed by atoms with Crippen LogP contribution >= 0.6 is 11.8 Å². The summed E-state index contributed by atoms with van der Waals surface area (Å²) in [7, 11) is 1.54. The maximum atomic E-state index is 12.4. The Morgan fingerprint density at radius 1 is 1.17 bits per heavy atom. The van der Waals surface area contributed by atoms with Crippen molar-refractivity contribution in [1.29, 1.82) is 0 Å². The van der Waals surface area contributed by atoms with Crippen LogP contribution in [-0.4, -0.2) is 35.1 Å². The number of nitrogens with one attached hydrogen (secondary N) is 2. The molecule has 1 heterocycles. The first-order valence-electron chi connectivity index (χ1n) is 9.77. The number of hydrogen-bond acceptors (Lipinski definition) is 6. The fraction of sp³-hybridized carbons (Fsp3) is 0.273. The minimum Gasteiger partial charge on any atom is -0.495 e. The largest absolute Gasteiger partial charge is 0.495 e. The average Bonchev–Trinajstić information content (AvgIpc) is 3.11. The second kappa shape index (κ2) is 9.13. The van der Waals surface area contributed by atoms with Crippen molar-refractivity contribution in [3.05, 3.63) is 59.7 Å². The molecule has 7 nitrogen and oxygen atoms in total. The van der Waals surface area contributed by atoms with Crippen molar-refractivity contribution in [3.8, 4) is 5.75 Å². The van der Waals surface area contributed by atoms with Gasteiger partial charge in [0.15, 0.2) is 5.17 Å². The van der Waals surface area contributed by atoms with Crippen LogP contribution < -0.4 is 15.4 Å². The van der Waals surface area contributed by atoms with Crippen molar-refractivity contribution in [2.45, 2.75) is 30.9 Å². The Morgan fingerprint density at radius 3 is 2.83 bits per heavy atom. The molecule has 4 rings (SSSR count). The van der Waals surface area contributed by atoms with Gasteiger partial charge < -0.3 is 15.4 Å². The smallest absolute Gasteiger partial charge is 0.240 e. The van der Waals surface area contributed by atoms with Gasteiger partial charge in [0, 0.05) is 12.0 Å². The predicted octanol–water partition coefficient (Wildman–Crippen LogP) is 3.35. The highest BCUT2D eigenvalue weighted by Crippen LogP contribution is 2.27. The van der Waals surface area contributed by atoms with E-state index in [0.717, 1.165) is 30.5 Å². The van der Waals surface area contributed by atoms with E-state index in [2.05, 4.69) is 33.0 Å². The standard InChI is InChI=1S/C22H22N4O3S/c1-29-18-12-5-4-10-17(18)23-20(27)13-19-21(28)24-22(30-19)26-25-16-11-6-8-14-7-2-3-9-15(14)16/h2-5,7,9-10,12,19H,6,8,11,13H2,1H3,(H,23,27)(H,24,26,28)/t19-/m1/s1. The molecule has 2 amide bonds. The molecule has 1 aliphatic carbocycles. The van der Waals surface area contributed by atoms with Gasteiger partial charge in [0.05, 0.1) is 18.5 Å². The summed E-state index contributed by atoms with van der Waals surface area (Å²) < 4.78 is 5.24. The molecule has 2 aliphatic rings. The Labute approximate surface area is 179 Å². The van der Waals surface area contributed by atoms with Gasteiger partial charge >= 0.3 is 0 Å². The molecule has 1 saturated heterocycles. The molecule has 1 atom stereocenters. The van der Waals surface area contributed by atoms with E-state index in [1.807, 2.05) is 24.3 Å². The molecule has 30 heavy (non-hydrogen) atoms. The summed E-state index contributed by atoms with van der Waals surface area (Å²) in [6, 6.07) is 15.3. The number of anilines is 1. The van der Waals surface area contributed by atoms with E-state index >= 15 is 0 Å². The number of benzene rings is 2. The first-order valence-corrected chi connectivity index (χ1v) is 10.6. The molecule has 154 valence electrons. The highest BCUT2D eigenvalue weighted by molar-refractivity contribution is 8.15. The molecule has 2 N–H and O–H groups in total. The lowest BCUT2D eigenvalue weighted by Crippen LogP contribution is -2.28. The van der Waals surface area contributed by atoms with E-state index in [4.69, 9.17) is 4.74 Å². The Hall–Kier alpha value is -3.13. The molecule has 0 bridgehead atoms. The molecule has 0 aromatic heterocycles. The van der Waals surface area contributed by atoms with Crippen molar-refractivity contribution in [2.24, 2.45) is 10.2 Å². The van der Waals surface area contributed by atoms with Gasteiger partial charge in [-0.15, -0.1) is 5.10 Å². The molecule has 2 aromatic rings. The van der Waals surface area contributed by atoms with Gasteiger partial charge in [0.25, 0.3) is 0 Å². The number of carbonyl (C=O) groups is 2. The molecule has 0 unspecified atom stereocenters. The van der Waals surface area contributed by atoms with E-state index in [0.29, 0.717) is 16.6 Å². The maximum absolute atomic E-state index is 12.4. The van der Waals surface area contributed by atoms with Gasteiger partial charge in [0.1, 0.15) is 11.0 Å². The second-order valence-corrected chi connectivity index (χ2v) is 8.20. The van der Waals surface area contributed by atoms with Gasteiger partial charge in [-0.05, 0) is 37.0 Å². The monoisotopic (exact) mass is 422 g/mol. The topological polar surface area (TPSA) is 92.2 Å². The number of nitrogens with zero attached hydrogens (tertiary/aromatic N) is 2. The van der Waals surface area contributed by atoms with Crippen LogP contribution in [0.3, 0.4) is 0 Å². The highest BCUT2D eigenvalue weighted by atomic mass is 32.2. The highest BCUT2D eigenvalue weighted by Gasteiger charge is 2.32. The fourth-order valence-corrected chi connectivity index (χ4v) is 4.43. The number of methoxy groups -OCH3 is 1. The first-order chi connectivity index (χ1) is 14.6. The second-order valence-electron chi connectivity index (χ2n) is 7.01. The van der Waals surface area contributed by atoms with Crippen LogP contribution in [0.2, 0.25) is 0 Å². The van der Waals surface area contributed by atoms with Crippen LogP contribution in [0.5, 0.6) is 5.75 Å². The Morgan fingerprint density at radius 2 is 1.97 bits per heavy atom. The molecule has 2 aromatic carbocycles. The molecule has 0 radical (unpaired) electrons. The lowest BCUT2D eigenvalue weighted by molar-refractivity contribution is -0.122. The SMILES string of the molecule is COc1ccccc1NC(=O)C[C@H]1SC(=NN=C2CCCc3ccccc32)NC1=O. The maximum Gasteiger partial charge on any atom is 0.240 e.